The average molecular weight is 333 g/mol. The van der Waals surface area contributed by atoms with E-state index >= 15 is 0 Å². The van der Waals surface area contributed by atoms with Gasteiger partial charge in [-0.05, 0) is 49.6 Å². The molecule has 1 atom stereocenters. The van der Waals surface area contributed by atoms with E-state index in [2.05, 4.69) is 42.5 Å². The van der Waals surface area contributed by atoms with Crippen LogP contribution in [0.4, 0.5) is 0 Å². The van der Waals surface area contributed by atoms with Crippen LogP contribution in [0.3, 0.4) is 0 Å². The van der Waals surface area contributed by atoms with E-state index in [1.807, 2.05) is 43.5 Å². The monoisotopic (exact) mass is 333 g/mol. The standard InChI is InChI=1S/C21H23N3O/c1-15-9-10-16(2)20(11-15)17(3)23-21(25)12-18-13-22-24(14-18)19-7-5-4-6-8-19/h4-11,13-14,17H,12H2,1-3H3,(H,23,25)/t17-/m1/s1. The predicted octanol–water partition coefficient (Wildman–Crippen LogP) is 3.91. The zero-order valence-corrected chi connectivity index (χ0v) is 14.9. The van der Waals surface area contributed by atoms with Gasteiger partial charge in [0.05, 0.1) is 24.3 Å². The number of hydrogen-bond donors (Lipinski definition) is 1. The van der Waals surface area contributed by atoms with E-state index in [4.69, 9.17) is 0 Å². The zero-order chi connectivity index (χ0) is 17.8. The first-order valence-electron chi connectivity index (χ1n) is 8.48. The molecule has 3 rings (SSSR count). The molecule has 0 spiro atoms. The molecule has 2 aromatic carbocycles. The molecule has 0 bridgehead atoms. The number of rotatable bonds is 5. The van der Waals surface area contributed by atoms with Gasteiger partial charge in [-0.3, -0.25) is 4.79 Å². The summed E-state index contributed by atoms with van der Waals surface area (Å²) in [5, 5.41) is 7.42. The van der Waals surface area contributed by atoms with Crippen molar-refractivity contribution in [2.45, 2.75) is 33.2 Å². The van der Waals surface area contributed by atoms with Crippen LogP contribution < -0.4 is 5.32 Å². The summed E-state index contributed by atoms with van der Waals surface area (Å²) in [6.45, 7) is 6.16. The van der Waals surface area contributed by atoms with Crippen molar-refractivity contribution in [1.29, 1.82) is 0 Å². The van der Waals surface area contributed by atoms with Crippen molar-refractivity contribution in [3.8, 4) is 5.69 Å². The predicted molar refractivity (Wildman–Crippen MR) is 99.7 cm³/mol. The highest BCUT2D eigenvalue weighted by Gasteiger charge is 2.13. The third kappa shape index (κ3) is 4.15. The number of nitrogens with one attached hydrogen (secondary N) is 1. The molecule has 0 radical (unpaired) electrons. The molecule has 0 saturated carbocycles. The number of amides is 1. The summed E-state index contributed by atoms with van der Waals surface area (Å²) >= 11 is 0. The molecule has 0 aliphatic carbocycles. The van der Waals surface area contributed by atoms with Crippen molar-refractivity contribution in [2.75, 3.05) is 0 Å². The summed E-state index contributed by atoms with van der Waals surface area (Å²) < 4.78 is 1.79. The van der Waals surface area contributed by atoms with Gasteiger partial charge in [0.2, 0.25) is 5.91 Å². The summed E-state index contributed by atoms with van der Waals surface area (Å²) in [6.07, 6.45) is 3.97. The fourth-order valence-electron chi connectivity index (χ4n) is 2.96. The molecule has 1 aromatic heterocycles. The molecule has 4 nitrogen and oxygen atoms in total. The van der Waals surface area contributed by atoms with Crippen molar-refractivity contribution in [3.05, 3.63) is 83.2 Å². The quantitative estimate of drug-likeness (QED) is 0.769. The third-order valence-electron chi connectivity index (χ3n) is 4.30. The fourth-order valence-corrected chi connectivity index (χ4v) is 2.96. The molecule has 0 fully saturated rings. The Kier molecular flexibility index (Phi) is 4.98. The largest absolute Gasteiger partial charge is 0.349 e. The number of para-hydroxylation sites is 1. The van der Waals surface area contributed by atoms with Crippen LogP contribution in [0.2, 0.25) is 0 Å². The van der Waals surface area contributed by atoms with Crippen LogP contribution in [0.1, 0.15) is 35.2 Å². The Bertz CT molecular complexity index is 868. The van der Waals surface area contributed by atoms with E-state index in [1.54, 1.807) is 10.9 Å². The van der Waals surface area contributed by atoms with Gasteiger partial charge in [0.15, 0.2) is 0 Å². The lowest BCUT2D eigenvalue weighted by molar-refractivity contribution is -0.121. The van der Waals surface area contributed by atoms with Gasteiger partial charge in [-0.15, -0.1) is 0 Å². The minimum Gasteiger partial charge on any atom is -0.349 e. The lowest BCUT2D eigenvalue weighted by Crippen LogP contribution is -2.28. The maximum absolute atomic E-state index is 12.4. The number of nitrogens with zero attached hydrogens (tertiary/aromatic N) is 2. The molecule has 0 saturated heterocycles. The van der Waals surface area contributed by atoms with E-state index in [0.29, 0.717) is 6.42 Å². The Morgan fingerprint density at radius 3 is 2.68 bits per heavy atom. The highest BCUT2D eigenvalue weighted by Crippen LogP contribution is 2.19. The first kappa shape index (κ1) is 17.0. The molecule has 0 aliphatic heterocycles. The second-order valence-electron chi connectivity index (χ2n) is 6.45. The number of aromatic nitrogens is 2. The Hall–Kier alpha value is -2.88. The summed E-state index contributed by atoms with van der Waals surface area (Å²) in [7, 11) is 0. The Labute approximate surface area is 148 Å². The number of carbonyl (C=O) groups excluding carboxylic acids is 1. The van der Waals surface area contributed by atoms with Crippen molar-refractivity contribution < 1.29 is 4.79 Å². The maximum atomic E-state index is 12.4. The van der Waals surface area contributed by atoms with Crippen molar-refractivity contribution >= 4 is 5.91 Å². The van der Waals surface area contributed by atoms with Gasteiger partial charge in [-0.25, -0.2) is 4.68 Å². The number of aryl methyl sites for hydroxylation is 2. The number of benzene rings is 2. The third-order valence-corrected chi connectivity index (χ3v) is 4.30. The average Bonchev–Trinajstić information content (AvgIpc) is 3.06. The smallest absolute Gasteiger partial charge is 0.225 e. The van der Waals surface area contributed by atoms with Gasteiger partial charge in [-0.1, -0.05) is 42.0 Å². The van der Waals surface area contributed by atoms with Crippen LogP contribution in [0.15, 0.2) is 60.9 Å². The second-order valence-corrected chi connectivity index (χ2v) is 6.45. The normalized spacial score (nSPS) is 12.0. The topological polar surface area (TPSA) is 46.9 Å². The van der Waals surface area contributed by atoms with Crippen LogP contribution in [0.25, 0.3) is 5.69 Å². The van der Waals surface area contributed by atoms with Gasteiger partial charge < -0.3 is 5.32 Å². The summed E-state index contributed by atoms with van der Waals surface area (Å²) in [5.41, 5.74) is 5.43. The summed E-state index contributed by atoms with van der Waals surface area (Å²) in [6, 6.07) is 16.2. The van der Waals surface area contributed by atoms with E-state index in [0.717, 1.165) is 16.8 Å². The van der Waals surface area contributed by atoms with Crippen molar-refractivity contribution in [3.63, 3.8) is 0 Å². The van der Waals surface area contributed by atoms with Crippen molar-refractivity contribution in [2.24, 2.45) is 0 Å². The van der Waals surface area contributed by atoms with Gasteiger partial charge in [0, 0.05) is 6.20 Å². The maximum Gasteiger partial charge on any atom is 0.225 e. The fraction of sp³-hybridized carbons (Fsp3) is 0.238. The minimum absolute atomic E-state index is 0.000942. The Morgan fingerprint density at radius 2 is 1.92 bits per heavy atom. The number of hydrogen-bond acceptors (Lipinski definition) is 2. The first-order valence-corrected chi connectivity index (χ1v) is 8.48. The Morgan fingerprint density at radius 1 is 1.16 bits per heavy atom. The van der Waals surface area contributed by atoms with E-state index in [9.17, 15) is 4.79 Å². The van der Waals surface area contributed by atoms with Crippen LogP contribution >= 0.6 is 0 Å². The van der Waals surface area contributed by atoms with Crippen LogP contribution in [-0.2, 0) is 11.2 Å². The molecular weight excluding hydrogens is 310 g/mol. The first-order chi connectivity index (χ1) is 12.0. The second kappa shape index (κ2) is 7.34. The number of carbonyl (C=O) groups is 1. The van der Waals surface area contributed by atoms with Gasteiger partial charge in [0.1, 0.15) is 0 Å². The molecule has 0 unspecified atom stereocenters. The molecule has 3 aromatic rings. The van der Waals surface area contributed by atoms with Gasteiger partial charge in [0.25, 0.3) is 0 Å². The van der Waals surface area contributed by atoms with Gasteiger partial charge >= 0.3 is 0 Å². The highest BCUT2D eigenvalue weighted by atomic mass is 16.1. The lowest BCUT2D eigenvalue weighted by Gasteiger charge is -2.17. The molecule has 1 heterocycles. The molecule has 1 amide bonds. The van der Waals surface area contributed by atoms with Crippen LogP contribution in [-0.4, -0.2) is 15.7 Å². The zero-order valence-electron chi connectivity index (χ0n) is 14.9. The highest BCUT2D eigenvalue weighted by molar-refractivity contribution is 5.79. The minimum atomic E-state index is -0.0171. The SMILES string of the molecule is Cc1ccc(C)c([C@@H](C)NC(=O)Cc2cnn(-c3ccccc3)c2)c1. The van der Waals surface area contributed by atoms with Crippen LogP contribution in [0.5, 0.6) is 0 Å². The molecule has 1 N–H and O–H groups in total. The van der Waals surface area contributed by atoms with E-state index in [1.165, 1.54) is 11.1 Å². The van der Waals surface area contributed by atoms with E-state index < -0.39 is 0 Å². The lowest BCUT2D eigenvalue weighted by atomic mass is 10.00. The molecule has 128 valence electrons. The van der Waals surface area contributed by atoms with Crippen LogP contribution in [0, 0.1) is 13.8 Å². The Balaban J connectivity index is 1.65. The molecular formula is C21H23N3O. The van der Waals surface area contributed by atoms with Gasteiger partial charge in [-0.2, -0.15) is 5.10 Å². The van der Waals surface area contributed by atoms with E-state index in [-0.39, 0.29) is 11.9 Å². The molecule has 25 heavy (non-hydrogen) atoms. The summed E-state index contributed by atoms with van der Waals surface area (Å²) in [4.78, 5) is 12.4. The molecule has 0 aliphatic rings. The summed E-state index contributed by atoms with van der Waals surface area (Å²) in [5.74, 6) is 0.000942. The van der Waals surface area contributed by atoms with Crippen molar-refractivity contribution in [1.82, 2.24) is 15.1 Å². The molecule has 4 heteroatoms.